The van der Waals surface area contributed by atoms with E-state index in [1.165, 1.54) is 4.90 Å². The number of carbonyl (C=O) groups excluding carboxylic acids is 2. The fourth-order valence-corrected chi connectivity index (χ4v) is 2.77. The molecule has 0 saturated heterocycles. The van der Waals surface area contributed by atoms with Gasteiger partial charge in [-0.1, -0.05) is 30.3 Å². The van der Waals surface area contributed by atoms with Crippen molar-refractivity contribution in [1.82, 2.24) is 29.6 Å². The number of benzene rings is 1. The molecular weight excluding hydrogens is 358 g/mol. The summed E-state index contributed by atoms with van der Waals surface area (Å²) in [5.74, 6) is 0.539. The summed E-state index contributed by atoms with van der Waals surface area (Å²) in [4.78, 5) is 32.9. The van der Waals surface area contributed by atoms with Crippen LogP contribution in [0.5, 0.6) is 0 Å². The number of aryl methyl sites for hydroxylation is 1. The highest BCUT2D eigenvalue weighted by Crippen LogP contribution is 2.11. The van der Waals surface area contributed by atoms with Crippen molar-refractivity contribution in [2.45, 2.75) is 32.5 Å². The number of imidazole rings is 1. The number of hydrogen-bond acceptors (Lipinski definition) is 5. The molecule has 28 heavy (non-hydrogen) atoms. The quantitative estimate of drug-likeness (QED) is 0.564. The molecule has 1 N–H and O–H groups in total. The molecule has 0 aliphatic carbocycles. The highest BCUT2D eigenvalue weighted by molar-refractivity contribution is 5.90. The lowest BCUT2D eigenvalue weighted by Crippen LogP contribution is -2.34. The lowest BCUT2D eigenvalue weighted by atomic mass is 10.2. The normalized spacial score (nSPS) is 11.8. The van der Waals surface area contributed by atoms with E-state index in [1.807, 2.05) is 41.8 Å². The lowest BCUT2D eigenvalue weighted by molar-refractivity contribution is -0.107. The van der Waals surface area contributed by atoms with Crippen molar-refractivity contribution in [2.75, 3.05) is 11.9 Å². The summed E-state index contributed by atoms with van der Waals surface area (Å²) in [6.45, 7) is 3.09. The van der Waals surface area contributed by atoms with E-state index in [2.05, 4.69) is 20.4 Å². The van der Waals surface area contributed by atoms with Gasteiger partial charge in [0.1, 0.15) is 12.1 Å². The van der Waals surface area contributed by atoms with Crippen LogP contribution in [0.3, 0.4) is 0 Å². The van der Waals surface area contributed by atoms with E-state index in [9.17, 15) is 9.59 Å². The first kappa shape index (κ1) is 19.3. The number of anilines is 1. The summed E-state index contributed by atoms with van der Waals surface area (Å²) in [6, 6.07) is 9.77. The zero-order valence-corrected chi connectivity index (χ0v) is 15.9. The molecule has 0 aliphatic rings. The molecule has 0 fully saturated rings. The van der Waals surface area contributed by atoms with Crippen molar-refractivity contribution >= 4 is 18.1 Å². The van der Waals surface area contributed by atoms with Gasteiger partial charge in [0.05, 0.1) is 19.1 Å². The van der Waals surface area contributed by atoms with Crippen LogP contribution in [0.1, 0.15) is 29.5 Å². The molecule has 1 unspecified atom stereocenters. The molecule has 1 atom stereocenters. The van der Waals surface area contributed by atoms with Crippen molar-refractivity contribution in [1.29, 1.82) is 0 Å². The molecule has 146 valence electrons. The maximum Gasteiger partial charge on any atom is 0.291 e. The van der Waals surface area contributed by atoms with E-state index in [0.717, 1.165) is 12.0 Å². The Morgan fingerprint density at radius 2 is 2.07 bits per heavy atom. The van der Waals surface area contributed by atoms with E-state index in [0.29, 0.717) is 25.3 Å². The van der Waals surface area contributed by atoms with E-state index < -0.39 is 0 Å². The minimum Gasteiger partial charge on any atom is -0.347 e. The molecule has 0 radical (unpaired) electrons. The summed E-state index contributed by atoms with van der Waals surface area (Å²) >= 11 is 0. The number of hydrogen-bond donors (Lipinski definition) is 1. The number of nitrogens with zero attached hydrogens (tertiary/aromatic N) is 6. The molecule has 2 heterocycles. The van der Waals surface area contributed by atoms with Gasteiger partial charge in [0.2, 0.25) is 12.2 Å². The van der Waals surface area contributed by atoms with Gasteiger partial charge < -0.3 is 14.8 Å². The first-order chi connectivity index (χ1) is 13.6. The van der Waals surface area contributed by atoms with E-state index in [-0.39, 0.29) is 17.8 Å². The fraction of sp³-hybridized carbons (Fsp3) is 0.316. The Labute approximate surface area is 163 Å². The molecule has 9 heteroatoms. The molecular formula is C19H23N7O2. The van der Waals surface area contributed by atoms with Gasteiger partial charge in [-0.25, -0.2) is 14.6 Å². The number of rotatable bonds is 9. The van der Waals surface area contributed by atoms with E-state index in [1.54, 1.807) is 30.6 Å². The molecule has 0 aliphatic heterocycles. The van der Waals surface area contributed by atoms with Gasteiger partial charge in [-0.05, 0) is 18.9 Å². The number of carbonyl (C=O) groups is 2. The number of amides is 2. The maximum absolute atomic E-state index is 12.4. The second-order valence-electron chi connectivity index (χ2n) is 6.58. The third kappa shape index (κ3) is 4.81. The van der Waals surface area contributed by atoms with Crippen LogP contribution >= 0.6 is 0 Å². The Morgan fingerprint density at radius 3 is 2.82 bits per heavy atom. The minimum atomic E-state index is -0.310. The summed E-state index contributed by atoms with van der Waals surface area (Å²) < 4.78 is 3.51. The topological polar surface area (TPSA) is 97.9 Å². The molecule has 3 rings (SSSR count). The van der Waals surface area contributed by atoms with Gasteiger partial charge in [0.25, 0.3) is 5.91 Å². The molecule has 2 amide bonds. The van der Waals surface area contributed by atoms with Gasteiger partial charge >= 0.3 is 0 Å². The van der Waals surface area contributed by atoms with Gasteiger partial charge in [0, 0.05) is 19.6 Å². The van der Waals surface area contributed by atoms with Crippen molar-refractivity contribution in [2.24, 2.45) is 0 Å². The molecule has 0 spiro atoms. The third-order valence-corrected chi connectivity index (χ3v) is 4.32. The van der Waals surface area contributed by atoms with E-state index >= 15 is 0 Å². The first-order valence-corrected chi connectivity index (χ1v) is 8.99. The van der Waals surface area contributed by atoms with Crippen LogP contribution in [0.4, 0.5) is 5.82 Å². The fourth-order valence-electron chi connectivity index (χ4n) is 2.77. The summed E-state index contributed by atoms with van der Waals surface area (Å²) in [5.41, 5.74) is 1.09. The summed E-state index contributed by atoms with van der Waals surface area (Å²) in [7, 11) is 1.67. The van der Waals surface area contributed by atoms with Crippen LogP contribution in [0.15, 0.2) is 49.2 Å². The number of aromatic nitrogens is 5. The minimum absolute atomic E-state index is 0.0923. The van der Waals surface area contributed by atoms with Gasteiger partial charge in [-0.15, -0.1) is 5.10 Å². The Hall–Kier alpha value is -3.49. The molecule has 0 bridgehead atoms. The predicted octanol–water partition coefficient (Wildman–Crippen LogP) is 1.32. The standard InChI is InChI=1S/C19H23N7O2/c1-15(8-9-25-12-20-10-17(25)24(2)14-27)22-19(28)18-21-13-26(23-18)11-16-6-4-3-5-7-16/h3-7,10,12-15H,8-9,11H2,1-2H3,(H,22,28). The highest BCUT2D eigenvalue weighted by Gasteiger charge is 2.15. The van der Waals surface area contributed by atoms with Crippen LogP contribution in [0, 0.1) is 0 Å². The van der Waals surface area contributed by atoms with E-state index in [4.69, 9.17) is 0 Å². The zero-order chi connectivity index (χ0) is 19.9. The van der Waals surface area contributed by atoms with Gasteiger partial charge in [0.15, 0.2) is 0 Å². The SMILES string of the molecule is CC(CCn1cncc1N(C)C=O)NC(=O)c1ncn(Cc2ccccc2)n1. The monoisotopic (exact) mass is 381 g/mol. The zero-order valence-electron chi connectivity index (χ0n) is 15.9. The Kier molecular flexibility index (Phi) is 6.15. The van der Waals surface area contributed by atoms with Crippen LogP contribution in [-0.4, -0.2) is 49.7 Å². The summed E-state index contributed by atoms with van der Waals surface area (Å²) in [5, 5.41) is 7.15. The lowest BCUT2D eigenvalue weighted by Gasteiger charge is -2.16. The van der Waals surface area contributed by atoms with Crippen molar-refractivity contribution < 1.29 is 9.59 Å². The van der Waals surface area contributed by atoms with Gasteiger partial charge in [-0.3, -0.25) is 9.59 Å². The third-order valence-electron chi connectivity index (χ3n) is 4.32. The Morgan fingerprint density at radius 1 is 1.29 bits per heavy atom. The molecule has 2 aromatic heterocycles. The Balaban J connectivity index is 1.52. The summed E-state index contributed by atoms with van der Waals surface area (Å²) in [6.07, 6.45) is 6.25. The molecule has 0 saturated carbocycles. The second-order valence-corrected chi connectivity index (χ2v) is 6.58. The number of nitrogens with one attached hydrogen (secondary N) is 1. The van der Waals surface area contributed by atoms with Crippen molar-refractivity contribution in [3.05, 3.63) is 60.6 Å². The molecule has 9 nitrogen and oxygen atoms in total. The Bertz CT molecular complexity index is 919. The average Bonchev–Trinajstić information content (AvgIpc) is 3.36. The first-order valence-electron chi connectivity index (χ1n) is 8.99. The van der Waals surface area contributed by atoms with Crippen LogP contribution in [0.25, 0.3) is 0 Å². The van der Waals surface area contributed by atoms with Gasteiger partial charge in [-0.2, -0.15) is 0 Å². The molecule has 3 aromatic rings. The highest BCUT2D eigenvalue weighted by atomic mass is 16.2. The largest absolute Gasteiger partial charge is 0.347 e. The second kappa shape index (κ2) is 8.94. The van der Waals surface area contributed by atoms with Crippen LogP contribution < -0.4 is 10.2 Å². The van der Waals surface area contributed by atoms with Crippen molar-refractivity contribution in [3.63, 3.8) is 0 Å². The smallest absolute Gasteiger partial charge is 0.291 e. The van der Waals surface area contributed by atoms with Crippen molar-refractivity contribution in [3.8, 4) is 0 Å². The predicted molar refractivity (Wildman–Crippen MR) is 104 cm³/mol. The average molecular weight is 381 g/mol. The molecule has 1 aromatic carbocycles. The van der Waals surface area contributed by atoms with Crippen LogP contribution in [-0.2, 0) is 17.9 Å². The maximum atomic E-state index is 12.4. The van der Waals surface area contributed by atoms with Crippen LogP contribution in [0.2, 0.25) is 0 Å².